The maximum Gasteiger partial charge on any atom is 0.329 e. The second kappa shape index (κ2) is 4.56. The SMILES string of the molecule is NC(=O)C(=O)N/N=C1\CCCOC1. The Morgan fingerprint density at radius 1 is 1.54 bits per heavy atom. The molecule has 1 heterocycles. The molecule has 3 N–H and O–H groups in total. The van der Waals surface area contributed by atoms with Crippen LogP contribution in [0.1, 0.15) is 12.8 Å². The Morgan fingerprint density at radius 3 is 2.85 bits per heavy atom. The van der Waals surface area contributed by atoms with Crippen LogP contribution in [0.5, 0.6) is 0 Å². The first-order chi connectivity index (χ1) is 6.20. The molecule has 6 nitrogen and oxygen atoms in total. The van der Waals surface area contributed by atoms with Crippen molar-refractivity contribution in [2.75, 3.05) is 13.2 Å². The van der Waals surface area contributed by atoms with Crippen molar-refractivity contribution in [3.63, 3.8) is 0 Å². The molecule has 2 amide bonds. The van der Waals surface area contributed by atoms with Crippen molar-refractivity contribution >= 4 is 17.5 Å². The predicted octanol–water partition coefficient (Wildman–Crippen LogP) is -1.25. The maximum atomic E-state index is 10.7. The fraction of sp³-hybridized carbons (Fsp3) is 0.571. The molecule has 1 fully saturated rings. The van der Waals surface area contributed by atoms with Crippen LogP contribution in [0, 0.1) is 0 Å². The van der Waals surface area contributed by atoms with Crippen molar-refractivity contribution in [2.45, 2.75) is 12.8 Å². The van der Waals surface area contributed by atoms with Gasteiger partial charge in [0.1, 0.15) is 0 Å². The largest absolute Gasteiger partial charge is 0.375 e. The molecule has 1 aliphatic heterocycles. The lowest BCUT2D eigenvalue weighted by Crippen LogP contribution is -2.34. The van der Waals surface area contributed by atoms with Gasteiger partial charge in [0, 0.05) is 6.61 Å². The summed E-state index contributed by atoms with van der Waals surface area (Å²) in [5.74, 6) is -1.95. The van der Waals surface area contributed by atoms with Crippen molar-refractivity contribution in [1.29, 1.82) is 0 Å². The molecule has 0 radical (unpaired) electrons. The van der Waals surface area contributed by atoms with Crippen LogP contribution in [0.25, 0.3) is 0 Å². The maximum absolute atomic E-state index is 10.7. The van der Waals surface area contributed by atoms with Gasteiger partial charge in [0.2, 0.25) is 0 Å². The van der Waals surface area contributed by atoms with Gasteiger partial charge in [-0.1, -0.05) is 0 Å². The first-order valence-electron chi connectivity index (χ1n) is 3.93. The van der Waals surface area contributed by atoms with Gasteiger partial charge in [-0.05, 0) is 12.8 Å². The number of ether oxygens (including phenoxy) is 1. The zero-order valence-electron chi connectivity index (χ0n) is 7.08. The van der Waals surface area contributed by atoms with E-state index in [0.29, 0.717) is 13.2 Å². The summed E-state index contributed by atoms with van der Waals surface area (Å²) in [5, 5.41) is 3.70. The van der Waals surface area contributed by atoms with Gasteiger partial charge in [-0.3, -0.25) is 9.59 Å². The van der Waals surface area contributed by atoms with Gasteiger partial charge in [0.25, 0.3) is 0 Å². The fourth-order valence-corrected chi connectivity index (χ4v) is 0.914. The van der Waals surface area contributed by atoms with Gasteiger partial charge in [0.15, 0.2) is 0 Å². The fourth-order valence-electron chi connectivity index (χ4n) is 0.914. The van der Waals surface area contributed by atoms with E-state index in [9.17, 15) is 9.59 Å². The number of carbonyl (C=O) groups is 2. The minimum Gasteiger partial charge on any atom is -0.375 e. The summed E-state index contributed by atoms with van der Waals surface area (Å²) in [6.07, 6.45) is 1.66. The van der Waals surface area contributed by atoms with E-state index in [1.807, 2.05) is 5.43 Å². The Bertz CT molecular complexity index is 241. The lowest BCUT2D eigenvalue weighted by Gasteiger charge is -2.12. The molecule has 6 heteroatoms. The highest BCUT2D eigenvalue weighted by atomic mass is 16.5. The van der Waals surface area contributed by atoms with Crippen LogP contribution in [0.2, 0.25) is 0 Å². The zero-order valence-corrected chi connectivity index (χ0v) is 7.08. The Kier molecular flexibility index (Phi) is 3.39. The summed E-state index contributed by atoms with van der Waals surface area (Å²) in [7, 11) is 0. The van der Waals surface area contributed by atoms with Crippen LogP contribution < -0.4 is 11.2 Å². The Labute approximate surface area is 75.1 Å². The molecule has 0 aliphatic carbocycles. The third-order valence-corrected chi connectivity index (χ3v) is 1.56. The number of hydrazone groups is 1. The van der Waals surface area contributed by atoms with Crippen LogP contribution in [-0.4, -0.2) is 30.7 Å². The molecule has 0 aromatic carbocycles. The van der Waals surface area contributed by atoms with E-state index < -0.39 is 11.8 Å². The van der Waals surface area contributed by atoms with Crippen molar-refractivity contribution in [3.8, 4) is 0 Å². The van der Waals surface area contributed by atoms with E-state index in [4.69, 9.17) is 10.5 Å². The smallest absolute Gasteiger partial charge is 0.329 e. The van der Waals surface area contributed by atoms with E-state index in [-0.39, 0.29) is 0 Å². The number of carbonyl (C=O) groups excluding carboxylic acids is 2. The monoisotopic (exact) mass is 185 g/mol. The van der Waals surface area contributed by atoms with Crippen LogP contribution >= 0.6 is 0 Å². The molecule has 0 atom stereocenters. The molecule has 0 aromatic heterocycles. The van der Waals surface area contributed by atoms with E-state index in [0.717, 1.165) is 18.6 Å². The predicted molar refractivity (Wildman–Crippen MR) is 44.8 cm³/mol. The highest BCUT2D eigenvalue weighted by Gasteiger charge is 2.10. The normalized spacial score (nSPS) is 19.8. The Hall–Kier alpha value is -1.43. The first-order valence-corrected chi connectivity index (χ1v) is 3.93. The molecule has 0 saturated carbocycles. The van der Waals surface area contributed by atoms with Crippen molar-refractivity contribution < 1.29 is 14.3 Å². The molecule has 0 aromatic rings. The van der Waals surface area contributed by atoms with E-state index in [2.05, 4.69) is 5.10 Å². The molecule has 1 aliphatic rings. The highest BCUT2D eigenvalue weighted by molar-refractivity contribution is 6.34. The summed E-state index contributed by atoms with van der Waals surface area (Å²) < 4.78 is 5.08. The van der Waals surface area contributed by atoms with E-state index >= 15 is 0 Å². The average molecular weight is 185 g/mol. The highest BCUT2D eigenvalue weighted by Crippen LogP contribution is 2.01. The molecule has 0 unspecified atom stereocenters. The van der Waals surface area contributed by atoms with Gasteiger partial charge in [0.05, 0.1) is 12.3 Å². The number of nitrogens with zero attached hydrogens (tertiary/aromatic N) is 1. The molecule has 13 heavy (non-hydrogen) atoms. The molecular weight excluding hydrogens is 174 g/mol. The number of amides is 2. The minimum absolute atomic E-state index is 0.402. The van der Waals surface area contributed by atoms with Crippen LogP contribution in [0.3, 0.4) is 0 Å². The number of rotatable bonds is 1. The second-order valence-electron chi connectivity index (χ2n) is 2.64. The molecule has 1 rings (SSSR count). The Balaban J connectivity index is 2.37. The average Bonchev–Trinajstić information content (AvgIpc) is 2.15. The van der Waals surface area contributed by atoms with Crippen LogP contribution in [0.4, 0.5) is 0 Å². The lowest BCUT2D eigenvalue weighted by atomic mass is 10.2. The molecular formula is C7H11N3O3. The topological polar surface area (TPSA) is 93.8 Å². The number of nitrogens with two attached hydrogens (primary N) is 1. The van der Waals surface area contributed by atoms with Gasteiger partial charge >= 0.3 is 11.8 Å². The number of hydrogen-bond acceptors (Lipinski definition) is 4. The second-order valence-corrected chi connectivity index (χ2v) is 2.64. The summed E-state index contributed by atoms with van der Waals surface area (Å²) in [6.45, 7) is 1.11. The lowest BCUT2D eigenvalue weighted by molar-refractivity contribution is -0.137. The van der Waals surface area contributed by atoms with Crippen molar-refractivity contribution in [2.24, 2.45) is 10.8 Å². The molecule has 72 valence electrons. The number of hydrogen-bond donors (Lipinski definition) is 2. The van der Waals surface area contributed by atoms with Crippen LogP contribution in [0.15, 0.2) is 5.10 Å². The summed E-state index contributed by atoms with van der Waals surface area (Å²) >= 11 is 0. The number of primary amides is 1. The van der Waals surface area contributed by atoms with Gasteiger partial charge in [-0.15, -0.1) is 0 Å². The number of nitrogens with one attached hydrogen (secondary N) is 1. The van der Waals surface area contributed by atoms with E-state index in [1.165, 1.54) is 0 Å². The molecule has 0 spiro atoms. The zero-order chi connectivity index (χ0) is 9.68. The first kappa shape index (κ1) is 9.66. The summed E-state index contributed by atoms with van der Waals surface area (Å²) in [5.41, 5.74) is 7.47. The van der Waals surface area contributed by atoms with E-state index in [1.54, 1.807) is 0 Å². The molecule has 1 saturated heterocycles. The third-order valence-electron chi connectivity index (χ3n) is 1.56. The van der Waals surface area contributed by atoms with Crippen molar-refractivity contribution in [3.05, 3.63) is 0 Å². The van der Waals surface area contributed by atoms with Crippen molar-refractivity contribution in [1.82, 2.24) is 5.43 Å². The standard InChI is InChI=1S/C7H11N3O3/c8-6(11)7(12)10-9-5-2-1-3-13-4-5/h1-4H2,(H2,8,11)(H,10,12)/b9-5+. The quantitative estimate of drug-likeness (QED) is 0.395. The summed E-state index contributed by atoms with van der Waals surface area (Å²) in [6, 6.07) is 0. The Morgan fingerprint density at radius 2 is 2.31 bits per heavy atom. The van der Waals surface area contributed by atoms with Gasteiger partial charge in [-0.2, -0.15) is 5.10 Å². The summed E-state index contributed by atoms with van der Waals surface area (Å²) in [4.78, 5) is 20.9. The van der Waals surface area contributed by atoms with Gasteiger partial charge < -0.3 is 10.5 Å². The third kappa shape index (κ3) is 3.20. The van der Waals surface area contributed by atoms with Crippen LogP contribution in [-0.2, 0) is 14.3 Å². The molecule has 0 bridgehead atoms. The minimum atomic E-state index is -1.04. The van der Waals surface area contributed by atoms with Gasteiger partial charge in [-0.25, -0.2) is 5.43 Å².